The molecule has 0 amide bonds. The van der Waals surface area contributed by atoms with Crippen LogP contribution in [-0.4, -0.2) is 41.9 Å². The molecule has 1 unspecified atom stereocenters. The SMILES string of the molecule is CC(C)N1CCC(C2(C)NCC(C)(C)O2)CC1. The van der Waals surface area contributed by atoms with Crippen LogP contribution >= 0.6 is 0 Å². The van der Waals surface area contributed by atoms with Crippen molar-refractivity contribution >= 4 is 0 Å². The minimum Gasteiger partial charge on any atom is -0.353 e. The van der Waals surface area contributed by atoms with Crippen LogP contribution in [0.3, 0.4) is 0 Å². The Bertz CT molecular complexity index is 269. The molecule has 1 N–H and O–H groups in total. The average Bonchev–Trinajstić information content (AvgIpc) is 2.54. The zero-order valence-corrected chi connectivity index (χ0v) is 12.0. The molecule has 1 atom stereocenters. The summed E-state index contributed by atoms with van der Waals surface area (Å²) in [7, 11) is 0. The smallest absolute Gasteiger partial charge is 0.120 e. The topological polar surface area (TPSA) is 24.5 Å². The van der Waals surface area contributed by atoms with Crippen molar-refractivity contribution in [3.05, 3.63) is 0 Å². The summed E-state index contributed by atoms with van der Waals surface area (Å²) >= 11 is 0. The molecule has 2 aliphatic heterocycles. The molecule has 0 aromatic heterocycles. The van der Waals surface area contributed by atoms with E-state index >= 15 is 0 Å². The molecule has 2 fully saturated rings. The number of nitrogens with one attached hydrogen (secondary N) is 1. The molecular formula is C14H28N2O. The van der Waals surface area contributed by atoms with Crippen molar-refractivity contribution in [2.45, 2.75) is 64.8 Å². The number of hydrogen-bond acceptors (Lipinski definition) is 3. The van der Waals surface area contributed by atoms with Crippen molar-refractivity contribution in [1.29, 1.82) is 0 Å². The molecule has 0 aromatic carbocycles. The highest BCUT2D eigenvalue weighted by molar-refractivity contribution is 4.95. The van der Waals surface area contributed by atoms with E-state index in [-0.39, 0.29) is 11.3 Å². The molecular weight excluding hydrogens is 212 g/mol. The predicted molar refractivity (Wildman–Crippen MR) is 71.0 cm³/mol. The Morgan fingerprint density at radius 1 is 1.18 bits per heavy atom. The molecule has 0 bridgehead atoms. The summed E-state index contributed by atoms with van der Waals surface area (Å²) in [5.41, 5.74) is -0.115. The molecule has 0 radical (unpaired) electrons. The fourth-order valence-electron chi connectivity index (χ4n) is 3.23. The standard InChI is InChI=1S/C14H28N2O/c1-11(2)16-8-6-12(7-9-16)14(5)15-10-13(3,4)17-14/h11-12,15H,6-10H2,1-5H3. The van der Waals surface area contributed by atoms with E-state index in [1.54, 1.807) is 0 Å². The van der Waals surface area contributed by atoms with Crippen molar-refractivity contribution in [2.75, 3.05) is 19.6 Å². The predicted octanol–water partition coefficient (Wildman–Crippen LogP) is 2.22. The van der Waals surface area contributed by atoms with Gasteiger partial charge in [0, 0.05) is 18.5 Å². The molecule has 17 heavy (non-hydrogen) atoms. The summed E-state index contributed by atoms with van der Waals surface area (Å²) in [5, 5.41) is 3.60. The zero-order valence-electron chi connectivity index (χ0n) is 12.0. The third-order valence-electron chi connectivity index (χ3n) is 4.39. The quantitative estimate of drug-likeness (QED) is 0.801. The maximum atomic E-state index is 6.24. The maximum Gasteiger partial charge on any atom is 0.120 e. The van der Waals surface area contributed by atoms with E-state index in [2.05, 4.69) is 44.8 Å². The number of rotatable bonds is 2. The lowest BCUT2D eigenvalue weighted by molar-refractivity contribution is -0.124. The van der Waals surface area contributed by atoms with Gasteiger partial charge in [-0.05, 0) is 60.5 Å². The monoisotopic (exact) mass is 240 g/mol. The van der Waals surface area contributed by atoms with E-state index in [1.165, 1.54) is 25.9 Å². The van der Waals surface area contributed by atoms with E-state index in [4.69, 9.17) is 4.74 Å². The molecule has 0 aliphatic carbocycles. The van der Waals surface area contributed by atoms with Gasteiger partial charge in [-0.15, -0.1) is 0 Å². The van der Waals surface area contributed by atoms with E-state index in [1.807, 2.05) is 0 Å². The zero-order chi connectivity index (χ0) is 12.7. The fraction of sp³-hybridized carbons (Fsp3) is 1.00. The summed E-state index contributed by atoms with van der Waals surface area (Å²) in [6.45, 7) is 14.5. The summed E-state index contributed by atoms with van der Waals surface area (Å²) in [5.74, 6) is 0.652. The van der Waals surface area contributed by atoms with Gasteiger partial charge in [0.25, 0.3) is 0 Å². The summed E-state index contributed by atoms with van der Waals surface area (Å²) in [6.07, 6.45) is 2.50. The second kappa shape index (κ2) is 4.52. The van der Waals surface area contributed by atoms with Gasteiger partial charge in [0.1, 0.15) is 5.72 Å². The first-order chi connectivity index (χ1) is 7.82. The lowest BCUT2D eigenvalue weighted by Gasteiger charge is -2.42. The highest BCUT2D eigenvalue weighted by atomic mass is 16.5. The van der Waals surface area contributed by atoms with Crippen LogP contribution in [0.5, 0.6) is 0 Å². The molecule has 100 valence electrons. The summed E-state index contributed by atoms with van der Waals surface area (Å²) in [6, 6.07) is 0.678. The summed E-state index contributed by atoms with van der Waals surface area (Å²) in [4.78, 5) is 2.57. The van der Waals surface area contributed by atoms with Crippen LogP contribution in [-0.2, 0) is 4.74 Å². The Labute approximate surface area is 106 Å². The Morgan fingerprint density at radius 3 is 2.18 bits per heavy atom. The number of piperidine rings is 1. The molecule has 2 rings (SSSR count). The summed E-state index contributed by atoms with van der Waals surface area (Å²) < 4.78 is 6.24. The van der Waals surface area contributed by atoms with Gasteiger partial charge in [-0.3, -0.25) is 5.32 Å². The van der Waals surface area contributed by atoms with Gasteiger partial charge < -0.3 is 9.64 Å². The third kappa shape index (κ3) is 2.83. The highest BCUT2D eigenvalue weighted by Crippen LogP contribution is 2.36. The van der Waals surface area contributed by atoms with Crippen LogP contribution in [0, 0.1) is 5.92 Å². The molecule has 3 heteroatoms. The Hall–Kier alpha value is -0.120. The van der Waals surface area contributed by atoms with Gasteiger partial charge in [0.05, 0.1) is 5.60 Å². The minimum atomic E-state index is -0.105. The van der Waals surface area contributed by atoms with Crippen LogP contribution < -0.4 is 5.32 Å². The fourth-order valence-corrected chi connectivity index (χ4v) is 3.23. The number of likely N-dealkylation sites (tertiary alicyclic amines) is 1. The minimum absolute atomic E-state index is 0.00999. The average molecular weight is 240 g/mol. The van der Waals surface area contributed by atoms with Crippen LogP contribution in [0.1, 0.15) is 47.5 Å². The van der Waals surface area contributed by atoms with Crippen molar-refractivity contribution in [1.82, 2.24) is 10.2 Å². The van der Waals surface area contributed by atoms with Crippen molar-refractivity contribution in [2.24, 2.45) is 5.92 Å². The lowest BCUT2D eigenvalue weighted by atomic mass is 9.87. The van der Waals surface area contributed by atoms with E-state index in [0.717, 1.165) is 6.54 Å². The van der Waals surface area contributed by atoms with E-state index in [9.17, 15) is 0 Å². The van der Waals surface area contributed by atoms with Crippen molar-refractivity contribution in [3.8, 4) is 0 Å². The Morgan fingerprint density at radius 2 is 1.76 bits per heavy atom. The first-order valence-corrected chi connectivity index (χ1v) is 7.02. The van der Waals surface area contributed by atoms with Gasteiger partial charge in [0.15, 0.2) is 0 Å². The molecule has 0 aromatic rings. The molecule has 0 saturated carbocycles. The van der Waals surface area contributed by atoms with Gasteiger partial charge in [-0.1, -0.05) is 0 Å². The first-order valence-electron chi connectivity index (χ1n) is 7.02. The maximum absolute atomic E-state index is 6.24. The lowest BCUT2D eigenvalue weighted by Crippen LogP contribution is -2.51. The molecule has 2 heterocycles. The second-order valence-electron chi connectivity index (χ2n) is 6.73. The van der Waals surface area contributed by atoms with Crippen LogP contribution in [0.4, 0.5) is 0 Å². The van der Waals surface area contributed by atoms with Gasteiger partial charge in [0.2, 0.25) is 0 Å². The van der Waals surface area contributed by atoms with E-state index in [0.29, 0.717) is 12.0 Å². The van der Waals surface area contributed by atoms with Crippen molar-refractivity contribution < 1.29 is 4.74 Å². The normalized spacial score (nSPS) is 35.6. The largest absolute Gasteiger partial charge is 0.353 e. The van der Waals surface area contributed by atoms with Gasteiger partial charge in [-0.25, -0.2) is 0 Å². The molecule has 2 aliphatic rings. The van der Waals surface area contributed by atoms with Crippen LogP contribution in [0.25, 0.3) is 0 Å². The van der Waals surface area contributed by atoms with Crippen molar-refractivity contribution in [3.63, 3.8) is 0 Å². The Kier molecular flexibility index (Phi) is 3.54. The Balaban J connectivity index is 1.93. The number of nitrogens with zero attached hydrogens (tertiary/aromatic N) is 1. The highest BCUT2D eigenvalue weighted by Gasteiger charge is 2.46. The van der Waals surface area contributed by atoms with E-state index < -0.39 is 0 Å². The molecule has 2 saturated heterocycles. The first kappa shape index (κ1) is 13.3. The second-order valence-corrected chi connectivity index (χ2v) is 6.73. The molecule has 0 spiro atoms. The number of ether oxygens (including phenoxy) is 1. The van der Waals surface area contributed by atoms with Crippen LogP contribution in [0.2, 0.25) is 0 Å². The molecule has 3 nitrogen and oxygen atoms in total. The third-order valence-corrected chi connectivity index (χ3v) is 4.39. The van der Waals surface area contributed by atoms with Crippen LogP contribution in [0.15, 0.2) is 0 Å². The van der Waals surface area contributed by atoms with Gasteiger partial charge >= 0.3 is 0 Å². The van der Waals surface area contributed by atoms with Gasteiger partial charge in [-0.2, -0.15) is 0 Å². The number of hydrogen-bond donors (Lipinski definition) is 1.